The van der Waals surface area contributed by atoms with Crippen molar-refractivity contribution in [1.29, 1.82) is 0 Å². The molecule has 0 saturated heterocycles. The smallest absolute Gasteiger partial charge is 0.196 e. The zero-order valence-electron chi connectivity index (χ0n) is 26.7. The summed E-state index contributed by atoms with van der Waals surface area (Å²) in [6.45, 7) is 7.82. The second-order valence-electron chi connectivity index (χ2n) is 12.5. The second-order valence-corrected chi connectivity index (χ2v) is 12.5. The van der Waals surface area contributed by atoms with Crippen LogP contribution < -0.4 is 0 Å². The molecular weight excluding hydrogens is 613 g/mol. The summed E-state index contributed by atoms with van der Waals surface area (Å²) in [4.78, 5) is 14.0. The van der Waals surface area contributed by atoms with E-state index in [4.69, 9.17) is 21.0 Å². The molecule has 0 aliphatic heterocycles. The average Bonchev–Trinajstić information content (AvgIpc) is 3.73. The van der Waals surface area contributed by atoms with E-state index in [1.807, 2.05) is 60.7 Å². The highest BCUT2D eigenvalue weighted by Gasteiger charge is 2.19. The topological polar surface area (TPSA) is 48.2 Å². The summed E-state index contributed by atoms with van der Waals surface area (Å²) in [5.41, 5.74) is 11.1. The Morgan fingerprint density at radius 2 is 1.22 bits per heavy atom. The van der Waals surface area contributed by atoms with Crippen LogP contribution in [-0.2, 0) is 0 Å². The molecule has 0 aliphatic rings. The molecule has 232 valence electrons. The summed E-state index contributed by atoms with van der Waals surface area (Å²) in [6.07, 6.45) is 0. The zero-order chi connectivity index (χ0) is 33.2. The van der Waals surface area contributed by atoms with Crippen molar-refractivity contribution in [2.24, 2.45) is 0 Å². The first-order valence-electron chi connectivity index (χ1n) is 16.5. The highest BCUT2D eigenvalue weighted by Crippen LogP contribution is 2.41. The molecule has 50 heavy (non-hydrogen) atoms. The molecule has 10 aromatic rings. The maximum Gasteiger partial charge on any atom is 0.196 e. The van der Waals surface area contributed by atoms with Crippen molar-refractivity contribution in [2.45, 2.75) is 0 Å². The number of furan rings is 1. The summed E-state index contributed by atoms with van der Waals surface area (Å²) in [5, 5.41) is 5.29. The largest absolute Gasteiger partial charge is 0.456 e. The normalized spacial score (nSPS) is 11.6. The van der Waals surface area contributed by atoms with E-state index in [9.17, 15) is 0 Å². The Labute approximate surface area is 287 Å². The lowest BCUT2D eigenvalue weighted by atomic mass is 9.99. The molecule has 0 unspecified atom stereocenters. The highest BCUT2D eigenvalue weighted by atomic mass is 16.3. The molecule has 7 aromatic carbocycles. The Balaban J connectivity index is 1.18. The Morgan fingerprint density at radius 3 is 2.10 bits per heavy atom. The molecule has 0 atom stereocenters. The Morgan fingerprint density at radius 1 is 0.520 bits per heavy atom. The second kappa shape index (κ2) is 11.0. The van der Waals surface area contributed by atoms with E-state index in [2.05, 4.69) is 106 Å². The van der Waals surface area contributed by atoms with Gasteiger partial charge in [-0.15, -0.1) is 0 Å². The molecule has 0 amide bonds. The van der Waals surface area contributed by atoms with Gasteiger partial charge in [-0.25, -0.2) is 14.8 Å². The van der Waals surface area contributed by atoms with E-state index in [-0.39, 0.29) is 0 Å². The molecule has 3 heterocycles. The molecule has 10 rings (SSSR count). The van der Waals surface area contributed by atoms with Gasteiger partial charge in [0, 0.05) is 43.7 Å². The van der Waals surface area contributed by atoms with Crippen LogP contribution in [0, 0.1) is 6.57 Å². The minimum absolute atomic E-state index is 0.558. The van der Waals surface area contributed by atoms with Crippen LogP contribution in [0.2, 0.25) is 0 Å². The standard InChI is InChI=1S/C45H26N4O/c1-46-37-18-8-5-15-32(37)44-33-16-6-9-19-38(33)47-45(48-44)34-17-11-21-42-43(34)36-27-29(23-25-41(36)50-42)28-22-24-40-35(26-28)31-14-7-10-20-39(31)49(40)30-12-3-2-4-13-30/h2-27H. The van der Waals surface area contributed by atoms with E-state index in [1.165, 1.54) is 21.8 Å². The van der Waals surface area contributed by atoms with Crippen LogP contribution in [0.1, 0.15) is 0 Å². The SMILES string of the molecule is [C-]#[N+]c1ccccc1-c1nc(-c2cccc3oc4ccc(-c5ccc6c(c5)c5ccccc5n6-c5ccccc5)cc4c23)nc2ccccc12. The van der Waals surface area contributed by atoms with Crippen molar-refractivity contribution in [3.05, 3.63) is 169 Å². The van der Waals surface area contributed by atoms with Crippen molar-refractivity contribution in [3.8, 4) is 39.5 Å². The predicted octanol–water partition coefficient (Wildman–Crippen LogP) is 12.2. The van der Waals surface area contributed by atoms with Crippen molar-refractivity contribution >= 4 is 60.3 Å². The van der Waals surface area contributed by atoms with E-state index in [0.717, 1.165) is 66.5 Å². The first-order valence-corrected chi connectivity index (χ1v) is 16.5. The van der Waals surface area contributed by atoms with Gasteiger partial charge >= 0.3 is 0 Å². The molecule has 5 nitrogen and oxygen atoms in total. The third-order valence-electron chi connectivity index (χ3n) is 9.64. The van der Waals surface area contributed by atoms with Crippen molar-refractivity contribution < 1.29 is 4.42 Å². The van der Waals surface area contributed by atoms with E-state index in [0.29, 0.717) is 11.5 Å². The summed E-state index contributed by atoms with van der Waals surface area (Å²) in [7, 11) is 0. The van der Waals surface area contributed by atoms with Gasteiger partial charge in [0.25, 0.3) is 0 Å². The number of hydrogen-bond acceptors (Lipinski definition) is 3. The maximum atomic E-state index is 7.82. The Bertz CT molecular complexity index is 3000. The van der Waals surface area contributed by atoms with Crippen LogP contribution in [0.3, 0.4) is 0 Å². The maximum absolute atomic E-state index is 7.82. The van der Waals surface area contributed by atoms with Crippen LogP contribution in [0.15, 0.2) is 162 Å². The van der Waals surface area contributed by atoms with E-state index in [1.54, 1.807) is 0 Å². The van der Waals surface area contributed by atoms with Gasteiger partial charge in [-0.3, -0.25) is 0 Å². The third-order valence-corrected chi connectivity index (χ3v) is 9.64. The minimum atomic E-state index is 0.558. The van der Waals surface area contributed by atoms with Gasteiger partial charge in [0.15, 0.2) is 11.5 Å². The van der Waals surface area contributed by atoms with Crippen LogP contribution in [0.5, 0.6) is 0 Å². The monoisotopic (exact) mass is 638 g/mol. The fraction of sp³-hybridized carbons (Fsp3) is 0. The van der Waals surface area contributed by atoms with Gasteiger partial charge < -0.3 is 8.98 Å². The van der Waals surface area contributed by atoms with Gasteiger partial charge in [-0.1, -0.05) is 103 Å². The van der Waals surface area contributed by atoms with Gasteiger partial charge in [0.2, 0.25) is 0 Å². The van der Waals surface area contributed by atoms with Gasteiger partial charge in [-0.05, 0) is 65.7 Å². The van der Waals surface area contributed by atoms with Crippen molar-refractivity contribution in [1.82, 2.24) is 14.5 Å². The van der Waals surface area contributed by atoms with Gasteiger partial charge in [-0.2, -0.15) is 0 Å². The molecule has 0 aliphatic carbocycles. The first-order chi connectivity index (χ1) is 24.7. The fourth-order valence-corrected chi connectivity index (χ4v) is 7.37. The quantitative estimate of drug-likeness (QED) is 0.180. The molecule has 0 fully saturated rings. The number of rotatable bonds is 4. The van der Waals surface area contributed by atoms with Crippen LogP contribution >= 0.6 is 0 Å². The molecule has 0 bridgehead atoms. The van der Waals surface area contributed by atoms with Crippen molar-refractivity contribution in [2.75, 3.05) is 0 Å². The van der Waals surface area contributed by atoms with Gasteiger partial charge in [0.1, 0.15) is 11.2 Å². The molecular formula is C45H26N4O. The first kappa shape index (κ1) is 28.0. The summed E-state index contributed by atoms with van der Waals surface area (Å²) in [6, 6.07) is 53.9. The lowest BCUT2D eigenvalue weighted by molar-refractivity contribution is 0.669. The Hall–Kier alpha value is -7.03. The number of nitrogens with zero attached hydrogens (tertiary/aromatic N) is 4. The third kappa shape index (κ3) is 4.26. The predicted molar refractivity (Wildman–Crippen MR) is 204 cm³/mol. The fourth-order valence-electron chi connectivity index (χ4n) is 7.37. The molecule has 5 heteroatoms. The zero-order valence-corrected chi connectivity index (χ0v) is 26.7. The number of hydrogen-bond donors (Lipinski definition) is 0. The van der Waals surface area contributed by atoms with Crippen molar-refractivity contribution in [3.63, 3.8) is 0 Å². The van der Waals surface area contributed by atoms with Crippen LogP contribution in [0.4, 0.5) is 5.69 Å². The summed E-state index contributed by atoms with van der Waals surface area (Å²) < 4.78 is 8.76. The molecule has 3 aromatic heterocycles. The Kier molecular flexibility index (Phi) is 6.17. The van der Waals surface area contributed by atoms with E-state index < -0.39 is 0 Å². The summed E-state index contributed by atoms with van der Waals surface area (Å²) in [5.74, 6) is 0.590. The number of para-hydroxylation sites is 4. The van der Waals surface area contributed by atoms with Gasteiger partial charge in [0.05, 0.1) is 28.8 Å². The lowest BCUT2D eigenvalue weighted by Gasteiger charge is -2.11. The molecule has 0 N–H and O–H groups in total. The average molecular weight is 639 g/mol. The highest BCUT2D eigenvalue weighted by molar-refractivity contribution is 6.14. The number of aromatic nitrogens is 3. The lowest BCUT2D eigenvalue weighted by Crippen LogP contribution is -1.95. The van der Waals surface area contributed by atoms with E-state index >= 15 is 0 Å². The molecule has 0 spiro atoms. The van der Waals surface area contributed by atoms with Crippen LogP contribution in [-0.4, -0.2) is 14.5 Å². The number of fused-ring (bicyclic) bond motifs is 7. The number of benzene rings is 7. The molecule has 0 saturated carbocycles. The molecule has 0 radical (unpaired) electrons. The minimum Gasteiger partial charge on any atom is -0.456 e. The summed E-state index contributed by atoms with van der Waals surface area (Å²) >= 11 is 0. The van der Waals surface area contributed by atoms with Crippen LogP contribution in [0.25, 0.3) is 99.0 Å².